The monoisotopic (exact) mass is 237 g/mol. The predicted octanol–water partition coefficient (Wildman–Crippen LogP) is 3.85. The minimum atomic E-state index is 0.236. The lowest BCUT2D eigenvalue weighted by Gasteiger charge is -2.29. The van der Waals surface area contributed by atoms with Crippen molar-refractivity contribution in [3.8, 4) is 0 Å². The average Bonchev–Trinajstić information content (AvgIpc) is 2.75. The highest BCUT2D eigenvalue weighted by Gasteiger charge is 2.31. The molecule has 2 nitrogen and oxygen atoms in total. The molecule has 1 aliphatic carbocycles. The summed E-state index contributed by atoms with van der Waals surface area (Å²) in [6.45, 7) is 4.15. The molecule has 1 fully saturated rings. The number of hydrogen-bond acceptors (Lipinski definition) is 3. The van der Waals surface area contributed by atoms with Crippen molar-refractivity contribution in [2.24, 2.45) is 11.8 Å². The van der Waals surface area contributed by atoms with Gasteiger partial charge >= 0.3 is 0 Å². The first-order valence-corrected chi connectivity index (χ1v) is 7.06. The molecule has 0 radical (unpaired) electrons. The van der Waals surface area contributed by atoms with Gasteiger partial charge in [0.1, 0.15) is 5.69 Å². The summed E-state index contributed by atoms with van der Waals surface area (Å²) < 4.78 is 0. The van der Waals surface area contributed by atoms with E-state index in [1.54, 1.807) is 11.3 Å². The van der Waals surface area contributed by atoms with Crippen LogP contribution in [0.3, 0.4) is 0 Å². The zero-order valence-corrected chi connectivity index (χ0v) is 10.8. The van der Waals surface area contributed by atoms with Gasteiger partial charge in [-0.25, -0.2) is 4.98 Å². The fourth-order valence-electron chi connectivity index (χ4n) is 2.71. The van der Waals surface area contributed by atoms with Crippen LogP contribution >= 0.6 is 11.3 Å². The smallest absolute Gasteiger partial charge is 0.185 e. The Morgan fingerprint density at radius 3 is 2.88 bits per heavy atom. The number of thiazole rings is 1. The Hall–Kier alpha value is -0.700. The normalized spacial score (nSPS) is 25.6. The number of ketones is 1. The maximum absolute atomic E-state index is 12.3. The van der Waals surface area contributed by atoms with Gasteiger partial charge in [-0.15, -0.1) is 11.3 Å². The molecule has 2 rings (SSSR count). The Morgan fingerprint density at radius 2 is 2.25 bits per heavy atom. The van der Waals surface area contributed by atoms with E-state index < -0.39 is 0 Å². The van der Waals surface area contributed by atoms with E-state index in [9.17, 15) is 4.79 Å². The van der Waals surface area contributed by atoms with Gasteiger partial charge in [-0.3, -0.25) is 4.79 Å². The Morgan fingerprint density at radius 1 is 1.50 bits per heavy atom. The Bertz CT molecular complexity index is 372. The third-order valence-electron chi connectivity index (χ3n) is 3.64. The summed E-state index contributed by atoms with van der Waals surface area (Å²) in [5.41, 5.74) is 0.702. The van der Waals surface area contributed by atoms with Crippen molar-refractivity contribution < 1.29 is 4.79 Å². The largest absolute Gasteiger partial charge is 0.292 e. The summed E-state index contributed by atoms with van der Waals surface area (Å²) in [7, 11) is 0. The van der Waals surface area contributed by atoms with E-state index in [-0.39, 0.29) is 11.7 Å². The van der Waals surface area contributed by atoms with Gasteiger partial charge in [-0.2, -0.15) is 0 Å². The first-order valence-electron chi connectivity index (χ1n) is 6.18. The molecule has 3 heteroatoms. The maximum Gasteiger partial charge on any atom is 0.185 e. The van der Waals surface area contributed by atoms with Crippen LogP contribution in [-0.4, -0.2) is 10.8 Å². The number of carbonyl (C=O) groups excluding carboxylic acids is 1. The molecule has 1 aromatic heterocycles. The van der Waals surface area contributed by atoms with Crippen LogP contribution in [0.5, 0.6) is 0 Å². The van der Waals surface area contributed by atoms with Gasteiger partial charge in [0.2, 0.25) is 0 Å². The van der Waals surface area contributed by atoms with Crippen LogP contribution in [0.4, 0.5) is 0 Å². The van der Waals surface area contributed by atoms with E-state index in [1.807, 2.05) is 12.3 Å². The summed E-state index contributed by atoms with van der Waals surface area (Å²) in [5.74, 6) is 1.11. The molecule has 0 aliphatic heterocycles. The molecule has 2 atom stereocenters. The quantitative estimate of drug-likeness (QED) is 0.747. The van der Waals surface area contributed by atoms with E-state index >= 15 is 0 Å². The number of aryl methyl sites for hydroxylation is 1. The van der Waals surface area contributed by atoms with Crippen molar-refractivity contribution in [1.82, 2.24) is 4.98 Å². The Labute approximate surface area is 101 Å². The van der Waals surface area contributed by atoms with Gasteiger partial charge in [-0.1, -0.05) is 26.2 Å². The lowest BCUT2D eigenvalue weighted by Crippen LogP contribution is -2.27. The molecule has 1 aliphatic rings. The van der Waals surface area contributed by atoms with E-state index in [0.29, 0.717) is 11.6 Å². The summed E-state index contributed by atoms with van der Waals surface area (Å²) in [4.78, 5) is 16.7. The molecular formula is C13H19NOS. The SMILES string of the molecule is CCC1CCCCC1C(=O)c1csc(C)n1. The van der Waals surface area contributed by atoms with E-state index in [4.69, 9.17) is 0 Å². The van der Waals surface area contributed by atoms with Crippen LogP contribution in [0.2, 0.25) is 0 Å². The molecule has 1 heterocycles. The molecule has 0 aromatic carbocycles. The summed E-state index contributed by atoms with van der Waals surface area (Å²) in [6, 6.07) is 0. The highest BCUT2D eigenvalue weighted by atomic mass is 32.1. The van der Waals surface area contributed by atoms with Crippen LogP contribution in [0.15, 0.2) is 5.38 Å². The molecular weight excluding hydrogens is 218 g/mol. The summed E-state index contributed by atoms with van der Waals surface area (Å²) in [6.07, 6.45) is 5.90. The molecule has 1 saturated carbocycles. The Kier molecular flexibility index (Phi) is 3.74. The predicted molar refractivity (Wildman–Crippen MR) is 66.9 cm³/mol. The minimum Gasteiger partial charge on any atom is -0.292 e. The van der Waals surface area contributed by atoms with Gasteiger partial charge in [0, 0.05) is 11.3 Å². The van der Waals surface area contributed by atoms with Gasteiger partial charge in [0.05, 0.1) is 5.01 Å². The molecule has 0 saturated heterocycles. The van der Waals surface area contributed by atoms with Gasteiger partial charge in [-0.05, 0) is 25.7 Å². The highest BCUT2D eigenvalue weighted by Crippen LogP contribution is 2.34. The van der Waals surface area contributed by atoms with Crippen LogP contribution < -0.4 is 0 Å². The van der Waals surface area contributed by atoms with Crippen molar-refractivity contribution in [2.75, 3.05) is 0 Å². The molecule has 0 spiro atoms. The number of hydrogen-bond donors (Lipinski definition) is 0. The van der Waals surface area contributed by atoms with Gasteiger partial charge < -0.3 is 0 Å². The number of Topliss-reactive ketones (excluding diaryl/α,β-unsaturated/α-hetero) is 1. The molecule has 0 bridgehead atoms. The second kappa shape index (κ2) is 5.09. The van der Waals surface area contributed by atoms with E-state index in [2.05, 4.69) is 11.9 Å². The lowest BCUT2D eigenvalue weighted by atomic mass is 9.75. The fraction of sp³-hybridized carbons (Fsp3) is 0.692. The average molecular weight is 237 g/mol. The minimum absolute atomic E-state index is 0.236. The maximum atomic E-state index is 12.3. The number of aromatic nitrogens is 1. The number of carbonyl (C=O) groups is 1. The van der Waals surface area contributed by atoms with Crippen molar-refractivity contribution in [2.45, 2.75) is 46.0 Å². The van der Waals surface area contributed by atoms with E-state index in [1.165, 1.54) is 19.3 Å². The second-order valence-corrected chi connectivity index (χ2v) is 5.74. The topological polar surface area (TPSA) is 30.0 Å². The molecule has 1 aromatic rings. The number of rotatable bonds is 3. The molecule has 16 heavy (non-hydrogen) atoms. The first-order chi connectivity index (χ1) is 7.72. The van der Waals surface area contributed by atoms with Crippen molar-refractivity contribution in [3.05, 3.63) is 16.1 Å². The third-order valence-corrected chi connectivity index (χ3v) is 4.42. The van der Waals surface area contributed by atoms with Crippen molar-refractivity contribution >= 4 is 17.1 Å². The van der Waals surface area contributed by atoms with Crippen LogP contribution in [0, 0.1) is 18.8 Å². The first kappa shape index (κ1) is 11.8. The van der Waals surface area contributed by atoms with Crippen LogP contribution in [0.25, 0.3) is 0 Å². The zero-order valence-electron chi connectivity index (χ0n) is 10.0. The summed E-state index contributed by atoms with van der Waals surface area (Å²) in [5, 5.41) is 2.91. The second-order valence-electron chi connectivity index (χ2n) is 4.68. The molecule has 0 N–H and O–H groups in total. The van der Waals surface area contributed by atoms with Crippen LogP contribution in [0.1, 0.15) is 54.5 Å². The van der Waals surface area contributed by atoms with Crippen molar-refractivity contribution in [1.29, 1.82) is 0 Å². The van der Waals surface area contributed by atoms with E-state index in [0.717, 1.165) is 17.8 Å². The summed E-state index contributed by atoms with van der Waals surface area (Å²) >= 11 is 1.57. The highest BCUT2D eigenvalue weighted by molar-refractivity contribution is 7.09. The number of nitrogens with zero attached hydrogens (tertiary/aromatic N) is 1. The molecule has 88 valence electrons. The fourth-order valence-corrected chi connectivity index (χ4v) is 3.31. The van der Waals surface area contributed by atoms with Crippen LogP contribution in [-0.2, 0) is 0 Å². The molecule has 2 unspecified atom stereocenters. The van der Waals surface area contributed by atoms with Crippen molar-refractivity contribution in [3.63, 3.8) is 0 Å². The lowest BCUT2D eigenvalue weighted by molar-refractivity contribution is 0.0815. The third kappa shape index (κ3) is 2.34. The molecule has 0 amide bonds. The zero-order chi connectivity index (χ0) is 11.5. The Balaban J connectivity index is 2.13. The van der Waals surface area contributed by atoms with Gasteiger partial charge in [0.15, 0.2) is 5.78 Å². The van der Waals surface area contributed by atoms with Gasteiger partial charge in [0.25, 0.3) is 0 Å². The standard InChI is InChI=1S/C13H19NOS/c1-3-10-6-4-5-7-11(10)13(15)12-8-16-9(2)14-12/h8,10-11H,3-7H2,1-2H3.